The van der Waals surface area contributed by atoms with Gasteiger partial charge in [-0.3, -0.25) is 0 Å². The lowest BCUT2D eigenvalue weighted by molar-refractivity contribution is -0.0942. The standard InChI is InChI=1S/C13H27NO2/c1-10(14)12(13(2,3)4)16-9-11-7-5-6-8-15-11/h10-12H,5-9,14H2,1-4H3. The number of hydrogen-bond donors (Lipinski definition) is 1. The molecule has 1 fully saturated rings. The highest BCUT2D eigenvalue weighted by Gasteiger charge is 2.29. The van der Waals surface area contributed by atoms with Gasteiger partial charge in [0.05, 0.1) is 18.8 Å². The number of ether oxygens (including phenoxy) is 2. The van der Waals surface area contributed by atoms with Gasteiger partial charge >= 0.3 is 0 Å². The Labute approximate surface area is 99.7 Å². The normalized spacial score (nSPS) is 26.4. The Bertz CT molecular complexity index is 193. The van der Waals surface area contributed by atoms with Crippen LogP contribution in [0.15, 0.2) is 0 Å². The van der Waals surface area contributed by atoms with E-state index in [4.69, 9.17) is 15.2 Å². The van der Waals surface area contributed by atoms with Gasteiger partial charge in [-0.25, -0.2) is 0 Å². The Morgan fingerprint density at radius 3 is 2.50 bits per heavy atom. The lowest BCUT2D eigenvalue weighted by atomic mass is 9.85. The van der Waals surface area contributed by atoms with Crippen LogP contribution in [0.25, 0.3) is 0 Å². The average Bonchev–Trinajstić information content (AvgIpc) is 2.17. The first-order valence-electron chi connectivity index (χ1n) is 6.40. The first kappa shape index (κ1) is 13.9. The fraction of sp³-hybridized carbons (Fsp3) is 1.00. The zero-order chi connectivity index (χ0) is 12.2. The van der Waals surface area contributed by atoms with Gasteiger partial charge in [-0.1, -0.05) is 20.8 Å². The summed E-state index contributed by atoms with van der Waals surface area (Å²) in [4.78, 5) is 0. The molecule has 0 radical (unpaired) electrons. The predicted molar refractivity (Wildman–Crippen MR) is 66.4 cm³/mol. The Morgan fingerprint density at radius 2 is 2.06 bits per heavy atom. The lowest BCUT2D eigenvalue weighted by Crippen LogP contribution is -2.45. The van der Waals surface area contributed by atoms with Crippen LogP contribution in [0.4, 0.5) is 0 Å². The van der Waals surface area contributed by atoms with Crippen molar-refractivity contribution in [1.29, 1.82) is 0 Å². The fourth-order valence-corrected chi connectivity index (χ4v) is 2.34. The molecule has 3 atom stereocenters. The van der Waals surface area contributed by atoms with E-state index in [2.05, 4.69) is 20.8 Å². The molecule has 0 aromatic heterocycles. The van der Waals surface area contributed by atoms with E-state index in [1.807, 2.05) is 6.92 Å². The highest BCUT2D eigenvalue weighted by Crippen LogP contribution is 2.25. The monoisotopic (exact) mass is 229 g/mol. The molecule has 16 heavy (non-hydrogen) atoms. The maximum absolute atomic E-state index is 5.97. The second kappa shape index (κ2) is 5.99. The second-order valence-corrected chi connectivity index (χ2v) is 5.97. The first-order chi connectivity index (χ1) is 7.41. The second-order valence-electron chi connectivity index (χ2n) is 5.97. The molecule has 1 heterocycles. The van der Waals surface area contributed by atoms with Crippen molar-refractivity contribution in [3.05, 3.63) is 0 Å². The molecule has 1 saturated heterocycles. The molecule has 0 aromatic carbocycles. The molecule has 0 aliphatic carbocycles. The van der Waals surface area contributed by atoms with Gasteiger partial charge in [0.15, 0.2) is 0 Å². The molecule has 3 nitrogen and oxygen atoms in total. The maximum atomic E-state index is 5.97. The van der Waals surface area contributed by atoms with Crippen LogP contribution >= 0.6 is 0 Å². The van der Waals surface area contributed by atoms with Crippen LogP contribution in [0, 0.1) is 5.41 Å². The molecule has 0 bridgehead atoms. The van der Waals surface area contributed by atoms with Crippen molar-refractivity contribution in [3.63, 3.8) is 0 Å². The van der Waals surface area contributed by atoms with E-state index >= 15 is 0 Å². The Morgan fingerprint density at radius 1 is 1.38 bits per heavy atom. The van der Waals surface area contributed by atoms with Gasteiger partial charge in [0.1, 0.15) is 0 Å². The molecule has 0 saturated carbocycles. The van der Waals surface area contributed by atoms with Gasteiger partial charge < -0.3 is 15.2 Å². The van der Waals surface area contributed by atoms with E-state index in [-0.39, 0.29) is 23.7 Å². The van der Waals surface area contributed by atoms with Gasteiger partial charge in [0, 0.05) is 12.6 Å². The maximum Gasteiger partial charge on any atom is 0.0808 e. The molecule has 3 heteroatoms. The van der Waals surface area contributed by atoms with Crippen LogP contribution in [-0.2, 0) is 9.47 Å². The van der Waals surface area contributed by atoms with Crippen molar-refractivity contribution in [1.82, 2.24) is 0 Å². The summed E-state index contributed by atoms with van der Waals surface area (Å²) in [5, 5.41) is 0. The van der Waals surface area contributed by atoms with Crippen LogP contribution in [-0.4, -0.2) is 31.5 Å². The van der Waals surface area contributed by atoms with Crippen LogP contribution in [0.1, 0.15) is 47.0 Å². The molecule has 2 N–H and O–H groups in total. The van der Waals surface area contributed by atoms with E-state index < -0.39 is 0 Å². The van der Waals surface area contributed by atoms with E-state index in [9.17, 15) is 0 Å². The molecule has 1 rings (SSSR count). The minimum Gasteiger partial charge on any atom is -0.376 e. The van der Waals surface area contributed by atoms with E-state index in [0.717, 1.165) is 13.0 Å². The van der Waals surface area contributed by atoms with E-state index in [1.54, 1.807) is 0 Å². The van der Waals surface area contributed by atoms with Crippen LogP contribution < -0.4 is 5.73 Å². The summed E-state index contributed by atoms with van der Waals surface area (Å²) in [6, 6.07) is 0.0589. The molecular formula is C13H27NO2. The molecule has 96 valence electrons. The highest BCUT2D eigenvalue weighted by atomic mass is 16.5. The quantitative estimate of drug-likeness (QED) is 0.804. The molecule has 1 aliphatic rings. The van der Waals surface area contributed by atoms with Crippen molar-refractivity contribution >= 4 is 0 Å². The lowest BCUT2D eigenvalue weighted by Gasteiger charge is -2.35. The third-order valence-corrected chi connectivity index (χ3v) is 3.07. The largest absolute Gasteiger partial charge is 0.376 e. The van der Waals surface area contributed by atoms with Crippen molar-refractivity contribution in [2.75, 3.05) is 13.2 Å². The Balaban J connectivity index is 2.37. The van der Waals surface area contributed by atoms with Crippen molar-refractivity contribution < 1.29 is 9.47 Å². The summed E-state index contributed by atoms with van der Waals surface area (Å²) in [6.45, 7) is 10.1. The van der Waals surface area contributed by atoms with E-state index in [1.165, 1.54) is 12.8 Å². The fourth-order valence-electron chi connectivity index (χ4n) is 2.34. The minimum atomic E-state index is 0.0589. The Hall–Kier alpha value is -0.120. The average molecular weight is 229 g/mol. The van der Waals surface area contributed by atoms with Crippen LogP contribution in [0.3, 0.4) is 0 Å². The van der Waals surface area contributed by atoms with Crippen molar-refractivity contribution in [3.8, 4) is 0 Å². The summed E-state index contributed by atoms with van der Waals surface area (Å²) < 4.78 is 11.6. The minimum absolute atomic E-state index is 0.0589. The van der Waals surface area contributed by atoms with Gasteiger partial charge in [0.25, 0.3) is 0 Å². The summed E-state index contributed by atoms with van der Waals surface area (Å²) in [7, 11) is 0. The molecular weight excluding hydrogens is 202 g/mol. The summed E-state index contributed by atoms with van der Waals surface area (Å²) in [5.74, 6) is 0. The van der Waals surface area contributed by atoms with Gasteiger partial charge in [-0.15, -0.1) is 0 Å². The molecule has 0 spiro atoms. The van der Waals surface area contributed by atoms with Crippen LogP contribution in [0.5, 0.6) is 0 Å². The SMILES string of the molecule is CC(N)C(OCC1CCCCO1)C(C)(C)C. The molecule has 1 aliphatic heterocycles. The molecule has 3 unspecified atom stereocenters. The molecule has 0 amide bonds. The summed E-state index contributed by atoms with van der Waals surface area (Å²) >= 11 is 0. The van der Waals surface area contributed by atoms with Crippen molar-refractivity contribution in [2.24, 2.45) is 11.1 Å². The third-order valence-electron chi connectivity index (χ3n) is 3.07. The van der Waals surface area contributed by atoms with Crippen molar-refractivity contribution in [2.45, 2.75) is 65.2 Å². The predicted octanol–water partition coefficient (Wildman–Crippen LogP) is 2.33. The summed E-state index contributed by atoms with van der Waals surface area (Å²) in [5.41, 5.74) is 6.06. The van der Waals surface area contributed by atoms with Gasteiger partial charge in [0.2, 0.25) is 0 Å². The van der Waals surface area contributed by atoms with Gasteiger partial charge in [-0.05, 0) is 31.6 Å². The van der Waals surface area contributed by atoms with E-state index in [0.29, 0.717) is 6.61 Å². The number of rotatable bonds is 4. The zero-order valence-electron chi connectivity index (χ0n) is 11.2. The third kappa shape index (κ3) is 4.40. The topological polar surface area (TPSA) is 44.5 Å². The number of nitrogens with two attached hydrogens (primary N) is 1. The number of hydrogen-bond acceptors (Lipinski definition) is 3. The zero-order valence-corrected chi connectivity index (χ0v) is 11.2. The smallest absolute Gasteiger partial charge is 0.0808 e. The van der Waals surface area contributed by atoms with Gasteiger partial charge in [-0.2, -0.15) is 0 Å². The first-order valence-corrected chi connectivity index (χ1v) is 6.40. The Kier molecular flexibility index (Phi) is 5.22. The van der Waals surface area contributed by atoms with Crippen LogP contribution in [0.2, 0.25) is 0 Å². The highest BCUT2D eigenvalue weighted by molar-refractivity contribution is 4.82. The molecule has 0 aromatic rings. The summed E-state index contributed by atoms with van der Waals surface area (Å²) in [6.07, 6.45) is 3.93.